The minimum Gasteiger partial charge on any atom is -0.493 e. The van der Waals surface area contributed by atoms with Gasteiger partial charge in [-0.05, 0) is 30.3 Å². The second kappa shape index (κ2) is 6.56. The summed E-state index contributed by atoms with van der Waals surface area (Å²) in [5, 5.41) is 7.40. The fourth-order valence-electron chi connectivity index (χ4n) is 1.77. The van der Waals surface area contributed by atoms with Crippen molar-refractivity contribution in [2.75, 3.05) is 13.7 Å². The van der Waals surface area contributed by atoms with Gasteiger partial charge in [0.05, 0.1) is 13.7 Å². The van der Waals surface area contributed by atoms with Gasteiger partial charge in [-0.15, -0.1) is 0 Å². The number of benzene rings is 1. The first-order chi connectivity index (χ1) is 9.70. The average Bonchev–Trinajstić information content (AvgIpc) is 2.48. The smallest absolute Gasteiger partial charge is 0.161 e. The molecular formula is C15H17N3O2. The third-order valence-electron chi connectivity index (χ3n) is 2.82. The molecule has 0 aliphatic carbocycles. The molecule has 0 aliphatic heterocycles. The standard InChI is InChI=1S/C15H17N3O2/c1-19-14-10-11(15(16)17)5-6-13(14)20-9-7-12-4-2-3-8-18-12/h2-6,8,10H,7,9H2,1H3,(H3,16,17). The monoisotopic (exact) mass is 271 g/mol. The van der Waals surface area contributed by atoms with Crippen molar-refractivity contribution in [1.82, 2.24) is 4.98 Å². The highest BCUT2D eigenvalue weighted by molar-refractivity contribution is 5.95. The van der Waals surface area contributed by atoms with Crippen LogP contribution in [0.2, 0.25) is 0 Å². The van der Waals surface area contributed by atoms with Crippen LogP contribution >= 0.6 is 0 Å². The molecule has 1 aromatic carbocycles. The number of amidine groups is 1. The van der Waals surface area contributed by atoms with E-state index in [1.807, 2.05) is 18.2 Å². The Kier molecular flexibility index (Phi) is 4.55. The Morgan fingerprint density at radius 2 is 2.10 bits per heavy atom. The van der Waals surface area contributed by atoms with Crippen molar-refractivity contribution in [2.45, 2.75) is 6.42 Å². The molecule has 3 N–H and O–H groups in total. The van der Waals surface area contributed by atoms with Crippen LogP contribution in [0.25, 0.3) is 0 Å². The minimum absolute atomic E-state index is 0.00309. The molecular weight excluding hydrogens is 254 g/mol. The third-order valence-corrected chi connectivity index (χ3v) is 2.82. The van der Waals surface area contributed by atoms with Gasteiger partial charge in [0.25, 0.3) is 0 Å². The molecule has 2 rings (SSSR count). The molecule has 0 fully saturated rings. The van der Waals surface area contributed by atoms with Crippen LogP contribution in [0.3, 0.4) is 0 Å². The maximum absolute atomic E-state index is 7.40. The topological polar surface area (TPSA) is 81.2 Å². The molecule has 0 amide bonds. The fraction of sp³-hybridized carbons (Fsp3) is 0.200. The summed E-state index contributed by atoms with van der Waals surface area (Å²) in [5.74, 6) is 1.20. The highest BCUT2D eigenvalue weighted by atomic mass is 16.5. The summed E-state index contributed by atoms with van der Waals surface area (Å²) in [4.78, 5) is 4.23. The molecule has 0 unspecified atom stereocenters. The molecule has 20 heavy (non-hydrogen) atoms. The maximum atomic E-state index is 7.40. The van der Waals surface area contributed by atoms with Gasteiger partial charge in [-0.2, -0.15) is 0 Å². The number of rotatable bonds is 6. The van der Waals surface area contributed by atoms with Crippen molar-refractivity contribution in [3.05, 3.63) is 53.9 Å². The fourth-order valence-corrected chi connectivity index (χ4v) is 1.77. The summed E-state index contributed by atoms with van der Waals surface area (Å²) >= 11 is 0. The maximum Gasteiger partial charge on any atom is 0.161 e. The lowest BCUT2D eigenvalue weighted by Crippen LogP contribution is -2.11. The molecule has 0 aliphatic rings. The number of hydrogen-bond donors (Lipinski definition) is 2. The van der Waals surface area contributed by atoms with Crippen LogP contribution in [0.4, 0.5) is 0 Å². The SMILES string of the molecule is COc1cc(C(=N)N)ccc1OCCc1ccccn1. The van der Waals surface area contributed by atoms with Gasteiger partial charge < -0.3 is 15.2 Å². The molecule has 5 nitrogen and oxygen atoms in total. The minimum atomic E-state index is 0.00309. The normalized spacial score (nSPS) is 10.1. The lowest BCUT2D eigenvalue weighted by atomic mass is 10.2. The van der Waals surface area contributed by atoms with Crippen molar-refractivity contribution < 1.29 is 9.47 Å². The Bertz CT molecular complexity index is 585. The second-order valence-corrected chi connectivity index (χ2v) is 4.20. The van der Waals surface area contributed by atoms with Gasteiger partial charge >= 0.3 is 0 Å². The average molecular weight is 271 g/mol. The van der Waals surface area contributed by atoms with E-state index >= 15 is 0 Å². The summed E-state index contributed by atoms with van der Waals surface area (Å²) in [7, 11) is 1.56. The number of ether oxygens (including phenoxy) is 2. The van der Waals surface area contributed by atoms with Crippen LogP contribution in [0.1, 0.15) is 11.3 Å². The largest absolute Gasteiger partial charge is 0.493 e. The van der Waals surface area contributed by atoms with E-state index in [9.17, 15) is 0 Å². The van der Waals surface area contributed by atoms with Gasteiger partial charge in [0.1, 0.15) is 5.84 Å². The Balaban J connectivity index is 2.00. The molecule has 104 valence electrons. The summed E-state index contributed by atoms with van der Waals surface area (Å²) in [5.41, 5.74) is 7.03. The van der Waals surface area contributed by atoms with E-state index in [0.29, 0.717) is 23.7 Å². The molecule has 0 saturated heterocycles. The van der Waals surface area contributed by atoms with Crippen LogP contribution in [0, 0.1) is 5.41 Å². The van der Waals surface area contributed by atoms with Crippen molar-refractivity contribution in [3.8, 4) is 11.5 Å². The Morgan fingerprint density at radius 1 is 1.25 bits per heavy atom. The molecule has 0 bridgehead atoms. The molecule has 1 aromatic heterocycles. The number of nitrogens with two attached hydrogens (primary N) is 1. The predicted octanol–water partition coefficient (Wildman–Crippen LogP) is 2.00. The number of pyridine rings is 1. The van der Waals surface area contributed by atoms with Gasteiger partial charge in [-0.3, -0.25) is 10.4 Å². The highest BCUT2D eigenvalue weighted by Crippen LogP contribution is 2.28. The van der Waals surface area contributed by atoms with E-state index in [-0.39, 0.29) is 5.84 Å². The number of nitrogen functional groups attached to an aromatic ring is 1. The number of nitrogens with zero attached hydrogens (tertiary/aromatic N) is 1. The van der Waals surface area contributed by atoms with E-state index in [4.69, 9.17) is 20.6 Å². The molecule has 2 aromatic rings. The van der Waals surface area contributed by atoms with Crippen molar-refractivity contribution in [1.29, 1.82) is 5.41 Å². The first-order valence-corrected chi connectivity index (χ1v) is 6.26. The molecule has 1 heterocycles. The van der Waals surface area contributed by atoms with Crippen molar-refractivity contribution in [2.24, 2.45) is 5.73 Å². The van der Waals surface area contributed by atoms with E-state index in [2.05, 4.69) is 4.98 Å². The predicted molar refractivity (Wildman–Crippen MR) is 77.4 cm³/mol. The summed E-state index contributed by atoms with van der Waals surface area (Å²) < 4.78 is 10.9. The zero-order chi connectivity index (χ0) is 14.4. The first-order valence-electron chi connectivity index (χ1n) is 6.26. The molecule has 0 radical (unpaired) electrons. The zero-order valence-electron chi connectivity index (χ0n) is 11.3. The van der Waals surface area contributed by atoms with E-state index in [0.717, 1.165) is 12.1 Å². The van der Waals surface area contributed by atoms with Gasteiger partial charge in [-0.25, -0.2) is 0 Å². The quantitative estimate of drug-likeness (QED) is 0.622. The van der Waals surface area contributed by atoms with Gasteiger partial charge in [0.15, 0.2) is 11.5 Å². The lowest BCUT2D eigenvalue weighted by molar-refractivity contribution is 0.296. The third kappa shape index (κ3) is 3.47. The van der Waals surface area contributed by atoms with Gasteiger partial charge in [0, 0.05) is 23.9 Å². The van der Waals surface area contributed by atoms with E-state index < -0.39 is 0 Å². The van der Waals surface area contributed by atoms with Crippen LogP contribution in [-0.4, -0.2) is 24.5 Å². The summed E-state index contributed by atoms with van der Waals surface area (Å²) in [6.45, 7) is 0.507. The Morgan fingerprint density at radius 3 is 2.75 bits per heavy atom. The van der Waals surface area contributed by atoms with Crippen LogP contribution in [-0.2, 0) is 6.42 Å². The van der Waals surface area contributed by atoms with Crippen LogP contribution in [0.5, 0.6) is 11.5 Å². The molecule has 0 atom stereocenters. The van der Waals surface area contributed by atoms with E-state index in [1.54, 1.807) is 31.5 Å². The second-order valence-electron chi connectivity index (χ2n) is 4.20. The highest BCUT2D eigenvalue weighted by Gasteiger charge is 2.07. The Hall–Kier alpha value is -2.56. The number of aromatic nitrogens is 1. The van der Waals surface area contributed by atoms with Crippen molar-refractivity contribution >= 4 is 5.84 Å². The van der Waals surface area contributed by atoms with Crippen LogP contribution < -0.4 is 15.2 Å². The number of hydrogen-bond acceptors (Lipinski definition) is 4. The number of methoxy groups -OCH3 is 1. The van der Waals surface area contributed by atoms with Gasteiger partial charge in [-0.1, -0.05) is 6.07 Å². The van der Waals surface area contributed by atoms with Gasteiger partial charge in [0.2, 0.25) is 0 Å². The summed E-state index contributed by atoms with van der Waals surface area (Å²) in [6.07, 6.45) is 2.48. The first kappa shape index (κ1) is 13.9. The van der Waals surface area contributed by atoms with Crippen molar-refractivity contribution in [3.63, 3.8) is 0 Å². The zero-order valence-corrected chi connectivity index (χ0v) is 11.3. The van der Waals surface area contributed by atoms with E-state index in [1.165, 1.54) is 0 Å². The number of nitrogens with one attached hydrogen (secondary N) is 1. The molecule has 0 spiro atoms. The molecule has 0 saturated carbocycles. The Labute approximate surface area is 117 Å². The molecule has 5 heteroatoms. The van der Waals surface area contributed by atoms with Crippen LogP contribution in [0.15, 0.2) is 42.6 Å². The lowest BCUT2D eigenvalue weighted by Gasteiger charge is -2.11. The summed E-state index contributed by atoms with van der Waals surface area (Å²) in [6, 6.07) is 11.0.